The molecule has 0 radical (unpaired) electrons. The molecule has 0 bridgehead atoms. The van der Waals surface area contributed by atoms with Crippen LogP contribution in [0.15, 0.2) is 54.7 Å². The van der Waals surface area contributed by atoms with Crippen LogP contribution in [0.5, 0.6) is 17.2 Å². The van der Waals surface area contributed by atoms with Crippen molar-refractivity contribution in [2.75, 3.05) is 7.11 Å². The monoisotopic (exact) mass is 328 g/mol. The average Bonchev–Trinajstić information content (AvgIpc) is 2.64. The maximum atomic E-state index is 6.38. The average molecular weight is 328 g/mol. The van der Waals surface area contributed by atoms with E-state index in [0.29, 0.717) is 0 Å². The summed E-state index contributed by atoms with van der Waals surface area (Å²) >= 11 is 0. The molecule has 3 heteroatoms. The van der Waals surface area contributed by atoms with E-state index in [-0.39, 0.29) is 0 Å². The lowest BCUT2D eigenvalue weighted by molar-refractivity contribution is -0.659. The van der Waals surface area contributed by atoms with Crippen LogP contribution >= 0.6 is 0 Å². The molecule has 0 spiro atoms. The second kappa shape index (κ2) is 4.96. The Morgan fingerprint density at radius 3 is 2.56 bits per heavy atom. The van der Waals surface area contributed by atoms with Gasteiger partial charge < -0.3 is 9.47 Å². The Kier molecular flexibility index (Phi) is 2.84. The normalized spacial score (nSPS) is 12.1. The predicted molar refractivity (Wildman–Crippen MR) is 99.4 cm³/mol. The molecule has 1 aliphatic heterocycles. The van der Waals surface area contributed by atoms with Gasteiger partial charge in [0, 0.05) is 11.5 Å². The van der Waals surface area contributed by atoms with E-state index >= 15 is 0 Å². The summed E-state index contributed by atoms with van der Waals surface area (Å²) in [7, 11) is 3.80. The van der Waals surface area contributed by atoms with E-state index in [9.17, 15) is 0 Å². The number of aromatic nitrogens is 1. The molecule has 5 rings (SSSR count). The molecule has 3 aromatic carbocycles. The van der Waals surface area contributed by atoms with Crippen LogP contribution in [-0.4, -0.2) is 7.11 Å². The number of benzene rings is 3. The Balaban J connectivity index is 2.05. The lowest BCUT2D eigenvalue weighted by Gasteiger charge is -2.24. The molecular formula is C22H18NO2+. The zero-order valence-electron chi connectivity index (χ0n) is 14.5. The Morgan fingerprint density at radius 1 is 0.960 bits per heavy atom. The van der Waals surface area contributed by atoms with Crippen molar-refractivity contribution in [3.05, 3.63) is 60.3 Å². The minimum Gasteiger partial charge on any atom is -0.492 e. The fourth-order valence-corrected chi connectivity index (χ4v) is 4.01. The minimum atomic E-state index is 0.794. The number of ether oxygens (including phenoxy) is 2. The van der Waals surface area contributed by atoms with E-state index in [1.807, 2.05) is 18.2 Å². The summed E-state index contributed by atoms with van der Waals surface area (Å²) in [5.74, 6) is 2.48. The van der Waals surface area contributed by atoms with Gasteiger partial charge in [-0.15, -0.1) is 0 Å². The highest BCUT2D eigenvalue weighted by molar-refractivity contribution is 6.07. The predicted octanol–water partition coefficient (Wildman–Crippen LogP) is 4.91. The number of aryl methyl sites for hydroxylation is 2. The van der Waals surface area contributed by atoms with Crippen molar-refractivity contribution in [2.24, 2.45) is 7.05 Å². The van der Waals surface area contributed by atoms with Gasteiger partial charge in [-0.1, -0.05) is 36.4 Å². The largest absolute Gasteiger partial charge is 0.492 e. The van der Waals surface area contributed by atoms with Gasteiger partial charge in [0.05, 0.1) is 18.1 Å². The van der Waals surface area contributed by atoms with E-state index in [2.05, 4.69) is 55.1 Å². The number of hydrogen-bond donors (Lipinski definition) is 0. The van der Waals surface area contributed by atoms with Crippen molar-refractivity contribution in [2.45, 2.75) is 6.92 Å². The van der Waals surface area contributed by atoms with Gasteiger partial charge in [0.25, 0.3) is 0 Å². The van der Waals surface area contributed by atoms with E-state index in [1.165, 1.54) is 22.0 Å². The number of pyridine rings is 1. The van der Waals surface area contributed by atoms with E-state index in [4.69, 9.17) is 9.47 Å². The van der Waals surface area contributed by atoms with Crippen LogP contribution in [0.1, 0.15) is 5.56 Å². The second-order valence-corrected chi connectivity index (χ2v) is 6.51. The Morgan fingerprint density at radius 2 is 1.76 bits per heavy atom. The third-order valence-electron chi connectivity index (χ3n) is 5.16. The van der Waals surface area contributed by atoms with Crippen LogP contribution in [0, 0.1) is 6.92 Å². The third-order valence-corrected chi connectivity index (χ3v) is 5.16. The molecule has 0 N–H and O–H groups in total. The van der Waals surface area contributed by atoms with Gasteiger partial charge in [0.2, 0.25) is 5.69 Å². The van der Waals surface area contributed by atoms with Crippen molar-refractivity contribution in [3.8, 4) is 28.5 Å². The molecule has 0 aliphatic carbocycles. The number of rotatable bonds is 1. The molecule has 3 nitrogen and oxygen atoms in total. The standard InChI is InChI=1S/C22H18NO2/c1-13-15-8-4-5-9-16(15)21(24-3)22-18(13)20-19-14(11-12-23(20)2)7-6-10-17(19)25-22/h4-12H,1-3H3/q+1. The Bertz CT molecular complexity index is 1180. The van der Waals surface area contributed by atoms with Crippen molar-refractivity contribution in [1.82, 2.24) is 0 Å². The van der Waals surface area contributed by atoms with Gasteiger partial charge in [0.15, 0.2) is 17.7 Å². The Hall–Kier alpha value is -3.07. The summed E-state index contributed by atoms with van der Waals surface area (Å²) in [5.41, 5.74) is 3.50. The highest BCUT2D eigenvalue weighted by atomic mass is 16.5. The summed E-state index contributed by atoms with van der Waals surface area (Å²) in [6, 6.07) is 16.7. The summed E-state index contributed by atoms with van der Waals surface area (Å²) in [5, 5.41) is 4.61. The van der Waals surface area contributed by atoms with E-state index < -0.39 is 0 Å². The zero-order chi connectivity index (χ0) is 17.1. The fraction of sp³-hybridized carbons (Fsp3) is 0.136. The fourth-order valence-electron chi connectivity index (χ4n) is 4.01. The molecule has 0 fully saturated rings. The maximum absolute atomic E-state index is 6.38. The first-order chi connectivity index (χ1) is 12.2. The molecule has 25 heavy (non-hydrogen) atoms. The van der Waals surface area contributed by atoms with Crippen LogP contribution in [0.4, 0.5) is 0 Å². The topological polar surface area (TPSA) is 22.3 Å². The molecular weight excluding hydrogens is 310 g/mol. The molecule has 0 atom stereocenters. The maximum Gasteiger partial charge on any atom is 0.228 e. The van der Waals surface area contributed by atoms with Crippen LogP contribution in [-0.2, 0) is 7.05 Å². The van der Waals surface area contributed by atoms with Gasteiger partial charge in [-0.25, -0.2) is 4.57 Å². The molecule has 0 saturated heterocycles. The highest BCUT2D eigenvalue weighted by Crippen LogP contribution is 2.53. The molecule has 0 saturated carbocycles. The number of hydrogen-bond acceptors (Lipinski definition) is 2. The van der Waals surface area contributed by atoms with Gasteiger partial charge in [-0.2, -0.15) is 0 Å². The summed E-state index contributed by atoms with van der Waals surface area (Å²) in [6.07, 6.45) is 2.11. The smallest absolute Gasteiger partial charge is 0.228 e. The van der Waals surface area contributed by atoms with Gasteiger partial charge in [-0.3, -0.25) is 0 Å². The van der Waals surface area contributed by atoms with Gasteiger partial charge in [-0.05, 0) is 29.3 Å². The van der Waals surface area contributed by atoms with Crippen molar-refractivity contribution >= 4 is 21.5 Å². The minimum absolute atomic E-state index is 0.794. The molecule has 2 heterocycles. The zero-order valence-corrected chi connectivity index (χ0v) is 14.5. The SMILES string of the molecule is COc1c2c(c(C)c3ccccc13)-c1c3c(cccc3cc[n+]1C)O2. The number of fused-ring (bicyclic) bond motifs is 3. The molecule has 4 aromatic rings. The van der Waals surface area contributed by atoms with Crippen molar-refractivity contribution < 1.29 is 14.0 Å². The Labute approximate surface area is 146 Å². The van der Waals surface area contributed by atoms with Gasteiger partial charge >= 0.3 is 0 Å². The number of nitrogens with zero attached hydrogens (tertiary/aromatic N) is 1. The molecule has 1 aliphatic rings. The summed E-state index contributed by atoms with van der Waals surface area (Å²) in [6.45, 7) is 2.16. The first-order valence-electron chi connectivity index (χ1n) is 8.39. The summed E-state index contributed by atoms with van der Waals surface area (Å²) < 4.78 is 14.3. The van der Waals surface area contributed by atoms with Crippen LogP contribution < -0.4 is 14.0 Å². The number of methoxy groups -OCH3 is 1. The van der Waals surface area contributed by atoms with Crippen molar-refractivity contribution in [1.29, 1.82) is 0 Å². The molecule has 0 unspecified atom stereocenters. The summed E-state index contributed by atoms with van der Waals surface area (Å²) in [4.78, 5) is 0. The molecule has 1 aromatic heterocycles. The first kappa shape index (κ1) is 14.3. The lowest BCUT2D eigenvalue weighted by Crippen LogP contribution is -2.31. The quantitative estimate of drug-likeness (QED) is 0.408. The lowest BCUT2D eigenvalue weighted by atomic mass is 9.91. The van der Waals surface area contributed by atoms with Crippen LogP contribution in [0.25, 0.3) is 32.8 Å². The third kappa shape index (κ3) is 1.78. The molecule has 122 valence electrons. The van der Waals surface area contributed by atoms with E-state index in [0.717, 1.165) is 33.6 Å². The second-order valence-electron chi connectivity index (χ2n) is 6.51. The van der Waals surface area contributed by atoms with Crippen molar-refractivity contribution in [3.63, 3.8) is 0 Å². The van der Waals surface area contributed by atoms with Crippen LogP contribution in [0.2, 0.25) is 0 Å². The highest BCUT2D eigenvalue weighted by Gasteiger charge is 2.32. The van der Waals surface area contributed by atoms with Gasteiger partial charge in [0.1, 0.15) is 12.8 Å². The molecule has 0 amide bonds. The first-order valence-corrected chi connectivity index (χ1v) is 8.39. The van der Waals surface area contributed by atoms with Crippen LogP contribution in [0.3, 0.4) is 0 Å². The van der Waals surface area contributed by atoms with E-state index in [1.54, 1.807) is 7.11 Å².